The van der Waals surface area contributed by atoms with Crippen LogP contribution in [0.2, 0.25) is 0 Å². The van der Waals surface area contributed by atoms with Gasteiger partial charge in [0.25, 0.3) is 0 Å². The van der Waals surface area contributed by atoms with Gasteiger partial charge in [-0.2, -0.15) is 0 Å². The fourth-order valence-corrected chi connectivity index (χ4v) is 4.98. The number of ether oxygens (including phenoxy) is 3. The second kappa shape index (κ2) is 10.8. The molecule has 3 N–H and O–H groups in total. The summed E-state index contributed by atoms with van der Waals surface area (Å²) in [7, 11) is 1.48. The lowest BCUT2D eigenvalue weighted by molar-refractivity contribution is -0.274. The summed E-state index contributed by atoms with van der Waals surface area (Å²) in [5, 5.41) is 13.3. The third-order valence-electron chi connectivity index (χ3n) is 7.01. The van der Waals surface area contributed by atoms with Gasteiger partial charge in [-0.1, -0.05) is 24.3 Å². The van der Waals surface area contributed by atoms with Crippen molar-refractivity contribution in [2.75, 3.05) is 25.5 Å². The van der Waals surface area contributed by atoms with Gasteiger partial charge in [-0.25, -0.2) is 9.48 Å². The molecule has 2 heterocycles. The summed E-state index contributed by atoms with van der Waals surface area (Å²) in [4.78, 5) is 13.0. The molecule has 5 rings (SSSR count). The monoisotopic (exact) mass is 545 g/mol. The Morgan fingerprint density at radius 2 is 1.92 bits per heavy atom. The maximum atomic E-state index is 13.0. The Kier molecular flexibility index (Phi) is 7.41. The quantitative estimate of drug-likeness (QED) is 0.361. The fourth-order valence-electron chi connectivity index (χ4n) is 4.98. The molecule has 1 aliphatic heterocycles. The molecule has 2 aliphatic rings. The summed E-state index contributed by atoms with van der Waals surface area (Å²) in [5.74, 6) is 0.422. The van der Waals surface area contributed by atoms with E-state index in [4.69, 9.17) is 9.47 Å². The number of urea groups is 1. The molecule has 39 heavy (non-hydrogen) atoms. The average Bonchev–Trinajstić information content (AvgIpc) is 3.14. The van der Waals surface area contributed by atoms with E-state index in [1.807, 2.05) is 30.3 Å². The minimum absolute atomic E-state index is 0.0537. The van der Waals surface area contributed by atoms with E-state index in [0.29, 0.717) is 33.9 Å². The first-order valence-corrected chi connectivity index (χ1v) is 12.6. The summed E-state index contributed by atoms with van der Waals surface area (Å²) in [6.45, 7) is 3.79. The molecular weight excluding hydrogens is 515 g/mol. The molecule has 0 unspecified atom stereocenters. The Morgan fingerprint density at radius 3 is 2.56 bits per heavy atom. The minimum Gasteiger partial charge on any atom is -0.473 e. The third-order valence-corrected chi connectivity index (χ3v) is 7.01. The van der Waals surface area contributed by atoms with Crippen molar-refractivity contribution in [2.45, 2.75) is 45.4 Å². The van der Waals surface area contributed by atoms with Crippen LogP contribution in [0.4, 0.5) is 23.8 Å². The van der Waals surface area contributed by atoms with Crippen LogP contribution in [0.1, 0.15) is 29.5 Å². The topological polar surface area (TPSA) is 98.7 Å². The highest BCUT2D eigenvalue weighted by Crippen LogP contribution is 2.46. The number of anilines is 1. The van der Waals surface area contributed by atoms with Crippen molar-refractivity contribution in [1.29, 1.82) is 0 Å². The molecule has 0 radical (unpaired) electrons. The van der Waals surface area contributed by atoms with E-state index in [2.05, 4.69) is 25.8 Å². The number of hydrogen-bond donors (Lipinski definition) is 3. The highest BCUT2D eigenvalue weighted by atomic mass is 19.4. The summed E-state index contributed by atoms with van der Waals surface area (Å²) < 4.78 is 55.8. The number of nitrogens with zero attached hydrogens (tertiary/aromatic N) is 2. The Hall–Kier alpha value is -3.77. The van der Waals surface area contributed by atoms with Gasteiger partial charge in [-0.15, -0.1) is 18.3 Å². The van der Waals surface area contributed by atoms with Gasteiger partial charge in [0.1, 0.15) is 17.7 Å². The molecule has 2 fully saturated rings. The number of alkyl halides is 3. The Bertz CT molecular complexity index is 1320. The van der Waals surface area contributed by atoms with Crippen molar-refractivity contribution in [3.8, 4) is 17.3 Å². The van der Waals surface area contributed by atoms with E-state index >= 15 is 0 Å². The van der Waals surface area contributed by atoms with Gasteiger partial charge in [0, 0.05) is 37.7 Å². The molecule has 1 aromatic heterocycles. The number of hydrogen-bond acceptors (Lipinski definition) is 6. The van der Waals surface area contributed by atoms with E-state index < -0.39 is 18.1 Å². The molecule has 1 aliphatic carbocycles. The summed E-state index contributed by atoms with van der Waals surface area (Å²) >= 11 is 0. The maximum absolute atomic E-state index is 13.0. The lowest BCUT2D eigenvalue weighted by atomic mass is 9.63. The molecule has 0 atom stereocenters. The molecule has 208 valence electrons. The predicted molar refractivity (Wildman–Crippen MR) is 137 cm³/mol. The van der Waals surface area contributed by atoms with E-state index in [1.165, 1.54) is 25.3 Å². The van der Waals surface area contributed by atoms with Crippen LogP contribution in [0.3, 0.4) is 0 Å². The van der Waals surface area contributed by atoms with Crippen LogP contribution in [0.5, 0.6) is 11.6 Å². The van der Waals surface area contributed by atoms with Crippen molar-refractivity contribution in [3.05, 3.63) is 65.2 Å². The number of para-hydroxylation sites is 1. The van der Waals surface area contributed by atoms with Gasteiger partial charge in [0.05, 0.1) is 17.9 Å². The van der Waals surface area contributed by atoms with Crippen LogP contribution in [0, 0.1) is 12.3 Å². The zero-order chi connectivity index (χ0) is 27.6. The highest BCUT2D eigenvalue weighted by Gasteiger charge is 2.50. The lowest BCUT2D eigenvalue weighted by Crippen LogP contribution is -2.62. The van der Waals surface area contributed by atoms with E-state index in [0.717, 1.165) is 25.9 Å². The Morgan fingerprint density at radius 1 is 1.18 bits per heavy atom. The number of amides is 2. The molecule has 0 bridgehead atoms. The normalized spacial score (nSPS) is 16.3. The largest absolute Gasteiger partial charge is 0.573 e. The van der Waals surface area contributed by atoms with Crippen molar-refractivity contribution in [3.63, 3.8) is 0 Å². The number of halogens is 3. The van der Waals surface area contributed by atoms with E-state index in [1.54, 1.807) is 11.6 Å². The SMILES string of the molecule is COCc1ccc(OC(F)(F)F)c(CNC(=O)Nc2c(C)c(OC3CC4(CNC4)C3)nn2-c2ccccc2)c1. The number of methoxy groups -OCH3 is 1. The van der Waals surface area contributed by atoms with Crippen molar-refractivity contribution in [2.24, 2.45) is 5.41 Å². The first-order valence-electron chi connectivity index (χ1n) is 12.6. The van der Waals surface area contributed by atoms with Crippen LogP contribution in [0.15, 0.2) is 48.5 Å². The van der Waals surface area contributed by atoms with Crippen molar-refractivity contribution >= 4 is 11.8 Å². The summed E-state index contributed by atoms with van der Waals surface area (Å²) in [5.41, 5.74) is 2.48. The number of aromatic nitrogens is 2. The van der Waals surface area contributed by atoms with Gasteiger partial charge in [0.2, 0.25) is 5.88 Å². The molecule has 3 aromatic rings. The Balaban J connectivity index is 1.32. The van der Waals surface area contributed by atoms with Gasteiger partial charge in [0.15, 0.2) is 0 Å². The van der Waals surface area contributed by atoms with Crippen molar-refractivity contribution in [1.82, 2.24) is 20.4 Å². The fraction of sp³-hybridized carbons (Fsp3) is 0.407. The third kappa shape index (κ3) is 6.12. The highest BCUT2D eigenvalue weighted by molar-refractivity contribution is 5.89. The molecule has 12 heteroatoms. The van der Waals surface area contributed by atoms with Crippen LogP contribution in [-0.4, -0.2) is 48.5 Å². The van der Waals surface area contributed by atoms with Crippen LogP contribution in [-0.2, 0) is 17.9 Å². The van der Waals surface area contributed by atoms with Crippen LogP contribution >= 0.6 is 0 Å². The van der Waals surface area contributed by atoms with Gasteiger partial charge in [-0.05, 0) is 49.6 Å². The summed E-state index contributed by atoms with van der Waals surface area (Å²) in [6, 6.07) is 12.8. The first-order chi connectivity index (χ1) is 18.6. The molecule has 1 saturated heterocycles. The number of carbonyl (C=O) groups is 1. The standard InChI is InChI=1S/C27H30F3N5O4/c1-17-23(33-25(36)32-13-19-10-18(14-37-2)8-9-22(19)39-27(28,29)30)35(20-6-4-3-5-7-20)34-24(17)38-21-11-26(12-21)15-31-16-26/h3-10,21,31H,11-16H2,1-2H3,(H2,32,33,36). The molecule has 9 nitrogen and oxygen atoms in total. The first kappa shape index (κ1) is 26.8. The Labute approximate surface area is 223 Å². The summed E-state index contributed by atoms with van der Waals surface area (Å²) in [6.07, 6.45) is -2.92. The predicted octanol–water partition coefficient (Wildman–Crippen LogP) is 4.68. The lowest BCUT2D eigenvalue weighted by Gasteiger charge is -2.53. The van der Waals surface area contributed by atoms with Gasteiger partial charge in [-0.3, -0.25) is 5.32 Å². The second-order valence-corrected chi connectivity index (χ2v) is 10.0. The van der Waals surface area contributed by atoms with E-state index in [-0.39, 0.29) is 24.8 Å². The van der Waals surface area contributed by atoms with Crippen LogP contribution < -0.4 is 25.4 Å². The zero-order valence-electron chi connectivity index (χ0n) is 21.6. The molecule has 1 saturated carbocycles. The minimum atomic E-state index is -4.87. The van der Waals surface area contributed by atoms with E-state index in [9.17, 15) is 18.0 Å². The zero-order valence-corrected chi connectivity index (χ0v) is 21.6. The number of nitrogens with one attached hydrogen (secondary N) is 3. The van der Waals surface area contributed by atoms with Crippen LogP contribution in [0.25, 0.3) is 5.69 Å². The van der Waals surface area contributed by atoms with Gasteiger partial charge >= 0.3 is 12.4 Å². The number of rotatable bonds is 9. The molecule has 1 spiro atoms. The van der Waals surface area contributed by atoms with Gasteiger partial charge < -0.3 is 24.8 Å². The molecular formula is C27H30F3N5O4. The van der Waals surface area contributed by atoms with Crippen molar-refractivity contribution < 1.29 is 32.2 Å². The average molecular weight is 546 g/mol. The molecule has 2 aromatic carbocycles. The molecule has 2 amide bonds. The smallest absolute Gasteiger partial charge is 0.473 e. The second-order valence-electron chi connectivity index (χ2n) is 10.0. The maximum Gasteiger partial charge on any atom is 0.573 e. The number of benzene rings is 2. The number of carbonyl (C=O) groups excluding carboxylic acids is 1.